The predicted octanol–water partition coefficient (Wildman–Crippen LogP) is 2.24. The van der Waals surface area contributed by atoms with Gasteiger partial charge in [0.2, 0.25) is 0 Å². The van der Waals surface area contributed by atoms with Gasteiger partial charge in [0.25, 0.3) is 0 Å². The van der Waals surface area contributed by atoms with Crippen molar-refractivity contribution in [2.24, 2.45) is 0 Å². The highest BCUT2D eigenvalue weighted by molar-refractivity contribution is 6.37. The fourth-order valence-corrected chi connectivity index (χ4v) is 1.59. The molecule has 0 fully saturated rings. The molecule has 0 heterocycles. The Morgan fingerprint density at radius 2 is 2.05 bits per heavy atom. The number of esters is 1. The third-order valence-electron chi connectivity index (χ3n) is 2.59. The molecule has 5 nitrogen and oxygen atoms in total. The summed E-state index contributed by atoms with van der Waals surface area (Å²) in [5, 5.41) is 12.0. The van der Waals surface area contributed by atoms with Crippen LogP contribution in [-0.2, 0) is 20.7 Å². The van der Waals surface area contributed by atoms with Crippen LogP contribution >= 0.6 is 0 Å². The molecule has 0 unspecified atom stereocenters. The molecule has 1 rings (SSSR count). The second-order valence-corrected chi connectivity index (χ2v) is 4.13. The van der Waals surface area contributed by atoms with Gasteiger partial charge >= 0.3 is 11.9 Å². The number of nitrogens with one attached hydrogen (secondary N) is 1. The van der Waals surface area contributed by atoms with E-state index in [0.29, 0.717) is 0 Å². The number of unbranched alkanes of at least 4 members (excludes halogenated alkanes) is 1. The molecule has 0 aromatic heterocycles. The number of hydrogen-bond donors (Lipinski definition) is 2. The quantitative estimate of drug-likeness (QED) is 0.486. The van der Waals surface area contributed by atoms with E-state index in [9.17, 15) is 14.7 Å². The van der Waals surface area contributed by atoms with Crippen LogP contribution in [0.1, 0.15) is 32.3 Å². The van der Waals surface area contributed by atoms with Crippen molar-refractivity contribution in [2.75, 3.05) is 11.9 Å². The summed E-state index contributed by atoms with van der Waals surface area (Å²) in [7, 11) is 0. The summed E-state index contributed by atoms with van der Waals surface area (Å²) < 4.78 is 4.58. The van der Waals surface area contributed by atoms with Crippen molar-refractivity contribution in [3.05, 3.63) is 23.8 Å². The Labute approximate surface area is 112 Å². The number of aromatic hydroxyl groups is 1. The first kappa shape index (κ1) is 15.0. The number of phenols is 1. The van der Waals surface area contributed by atoms with Crippen LogP contribution in [0.25, 0.3) is 0 Å². The van der Waals surface area contributed by atoms with Crippen LogP contribution < -0.4 is 5.32 Å². The van der Waals surface area contributed by atoms with Gasteiger partial charge in [-0.05, 0) is 37.5 Å². The van der Waals surface area contributed by atoms with E-state index in [4.69, 9.17) is 0 Å². The van der Waals surface area contributed by atoms with E-state index >= 15 is 0 Å². The van der Waals surface area contributed by atoms with Crippen molar-refractivity contribution in [1.82, 2.24) is 0 Å². The van der Waals surface area contributed by atoms with Gasteiger partial charge in [-0.1, -0.05) is 19.4 Å². The molecule has 104 valence electrons. The first-order valence-corrected chi connectivity index (χ1v) is 6.38. The molecule has 0 aliphatic carbocycles. The molecule has 1 aromatic carbocycles. The number of phenolic OH excluding ortho intramolecular Hbond substituents is 1. The normalized spacial score (nSPS) is 10.0. The lowest BCUT2D eigenvalue weighted by Crippen LogP contribution is -2.25. The second kappa shape index (κ2) is 7.41. The van der Waals surface area contributed by atoms with E-state index in [-0.39, 0.29) is 18.0 Å². The molecule has 0 bridgehead atoms. The minimum atomic E-state index is -0.958. The van der Waals surface area contributed by atoms with Crippen molar-refractivity contribution < 1.29 is 19.4 Å². The Hall–Kier alpha value is -2.04. The summed E-state index contributed by atoms with van der Waals surface area (Å²) in [5.74, 6) is -1.91. The molecule has 0 saturated carbocycles. The Bertz CT molecular complexity index is 457. The predicted molar refractivity (Wildman–Crippen MR) is 72.0 cm³/mol. The average Bonchev–Trinajstić information content (AvgIpc) is 2.39. The van der Waals surface area contributed by atoms with Crippen molar-refractivity contribution in [1.29, 1.82) is 0 Å². The second-order valence-electron chi connectivity index (χ2n) is 4.13. The van der Waals surface area contributed by atoms with Crippen LogP contribution in [0, 0.1) is 0 Å². The fourth-order valence-electron chi connectivity index (χ4n) is 1.59. The summed E-state index contributed by atoms with van der Waals surface area (Å²) in [4.78, 5) is 22.7. The zero-order chi connectivity index (χ0) is 14.3. The molecule has 1 amide bonds. The number of anilines is 1. The topological polar surface area (TPSA) is 75.6 Å². The first-order chi connectivity index (χ1) is 9.08. The van der Waals surface area contributed by atoms with E-state index in [1.54, 1.807) is 19.1 Å². The molecule has 0 radical (unpaired) electrons. The molecular weight excluding hydrogens is 246 g/mol. The fraction of sp³-hybridized carbons (Fsp3) is 0.429. The standard InChI is InChI=1S/C14H19NO4/c1-3-5-6-10-7-8-12(16)11(9-10)15-13(17)14(18)19-4-2/h7-9,16H,3-6H2,1-2H3,(H,15,17). The van der Waals surface area contributed by atoms with Gasteiger partial charge in [-0.25, -0.2) is 4.79 Å². The lowest BCUT2D eigenvalue weighted by Gasteiger charge is -2.09. The van der Waals surface area contributed by atoms with Gasteiger partial charge in [-0.3, -0.25) is 4.79 Å². The highest BCUT2D eigenvalue weighted by Crippen LogP contribution is 2.25. The molecular formula is C14H19NO4. The summed E-state index contributed by atoms with van der Waals surface area (Å²) in [5.41, 5.74) is 1.23. The third kappa shape index (κ3) is 4.62. The number of rotatable bonds is 5. The lowest BCUT2D eigenvalue weighted by molar-refractivity contribution is -0.152. The van der Waals surface area contributed by atoms with Crippen LogP contribution in [0.5, 0.6) is 5.75 Å². The van der Waals surface area contributed by atoms with Crippen LogP contribution in [0.4, 0.5) is 5.69 Å². The number of carbonyl (C=O) groups excluding carboxylic acids is 2. The summed E-state index contributed by atoms with van der Waals surface area (Å²) in [6.45, 7) is 3.84. The maximum Gasteiger partial charge on any atom is 0.397 e. The van der Waals surface area contributed by atoms with E-state index < -0.39 is 11.9 Å². The van der Waals surface area contributed by atoms with Gasteiger partial charge in [0.1, 0.15) is 5.75 Å². The number of aryl methyl sites for hydroxylation is 1. The summed E-state index contributed by atoms with van der Waals surface area (Å²) in [6, 6.07) is 4.97. The van der Waals surface area contributed by atoms with Crippen molar-refractivity contribution in [3.8, 4) is 5.75 Å². The highest BCUT2D eigenvalue weighted by atomic mass is 16.5. The van der Waals surface area contributed by atoms with Gasteiger partial charge in [-0.2, -0.15) is 0 Å². The number of ether oxygens (including phenoxy) is 1. The van der Waals surface area contributed by atoms with Crippen molar-refractivity contribution in [2.45, 2.75) is 33.1 Å². The van der Waals surface area contributed by atoms with Crippen LogP contribution in [0.2, 0.25) is 0 Å². The first-order valence-electron chi connectivity index (χ1n) is 6.38. The Balaban J connectivity index is 2.76. The largest absolute Gasteiger partial charge is 0.506 e. The van der Waals surface area contributed by atoms with Crippen molar-refractivity contribution >= 4 is 17.6 Å². The number of hydrogen-bond acceptors (Lipinski definition) is 4. The molecule has 19 heavy (non-hydrogen) atoms. The van der Waals surface area contributed by atoms with Gasteiger partial charge in [0.15, 0.2) is 0 Å². The average molecular weight is 265 g/mol. The molecule has 0 atom stereocenters. The van der Waals surface area contributed by atoms with Gasteiger partial charge in [-0.15, -0.1) is 0 Å². The smallest absolute Gasteiger partial charge is 0.397 e. The Kier molecular flexibility index (Phi) is 5.85. The van der Waals surface area contributed by atoms with Gasteiger partial charge in [0.05, 0.1) is 12.3 Å². The van der Waals surface area contributed by atoms with Crippen molar-refractivity contribution in [3.63, 3.8) is 0 Å². The molecule has 0 saturated heterocycles. The highest BCUT2D eigenvalue weighted by Gasteiger charge is 2.16. The van der Waals surface area contributed by atoms with E-state index in [1.807, 2.05) is 0 Å². The van der Waals surface area contributed by atoms with Gasteiger partial charge < -0.3 is 15.2 Å². The Morgan fingerprint density at radius 1 is 1.32 bits per heavy atom. The number of carbonyl (C=O) groups is 2. The van der Waals surface area contributed by atoms with Crippen LogP contribution in [0.3, 0.4) is 0 Å². The molecule has 5 heteroatoms. The van der Waals surface area contributed by atoms with Gasteiger partial charge in [0, 0.05) is 0 Å². The third-order valence-corrected chi connectivity index (χ3v) is 2.59. The van der Waals surface area contributed by atoms with Crippen LogP contribution in [0.15, 0.2) is 18.2 Å². The summed E-state index contributed by atoms with van der Waals surface area (Å²) in [6.07, 6.45) is 2.94. The van der Waals surface area contributed by atoms with E-state index in [1.165, 1.54) is 6.07 Å². The minimum absolute atomic E-state index is 0.0714. The van der Waals surface area contributed by atoms with E-state index in [2.05, 4.69) is 17.0 Å². The monoisotopic (exact) mass is 265 g/mol. The molecule has 2 N–H and O–H groups in total. The Morgan fingerprint density at radius 3 is 2.68 bits per heavy atom. The molecule has 1 aromatic rings. The SMILES string of the molecule is CCCCc1ccc(O)c(NC(=O)C(=O)OCC)c1. The van der Waals surface area contributed by atoms with Crippen LogP contribution in [-0.4, -0.2) is 23.6 Å². The molecule has 0 aliphatic rings. The zero-order valence-electron chi connectivity index (χ0n) is 11.2. The molecule has 0 aliphatic heterocycles. The number of benzene rings is 1. The molecule has 0 spiro atoms. The van der Waals surface area contributed by atoms with E-state index in [0.717, 1.165) is 24.8 Å². The lowest BCUT2D eigenvalue weighted by atomic mass is 10.1. The minimum Gasteiger partial charge on any atom is -0.506 e. The maximum atomic E-state index is 11.5. The maximum absolute atomic E-state index is 11.5. The summed E-state index contributed by atoms with van der Waals surface area (Å²) >= 11 is 0. The number of amides is 1. The zero-order valence-corrected chi connectivity index (χ0v) is 11.2.